The Kier molecular flexibility index (Phi) is 3.53. The molecule has 4 heteroatoms. The third-order valence-corrected chi connectivity index (χ3v) is 8.25. The molecule has 0 saturated heterocycles. The van der Waals surface area contributed by atoms with Crippen molar-refractivity contribution in [3.05, 3.63) is 24.3 Å². The number of fused-ring (bicyclic) bond motifs is 3. The van der Waals surface area contributed by atoms with Crippen LogP contribution in [0, 0.1) is 34.0 Å². The molecule has 1 spiro atoms. The van der Waals surface area contributed by atoms with Gasteiger partial charge in [0.15, 0.2) is 11.6 Å². The van der Waals surface area contributed by atoms with Gasteiger partial charge in [-0.1, -0.05) is 26.5 Å². The third kappa shape index (κ3) is 1.75. The van der Waals surface area contributed by atoms with E-state index in [0.29, 0.717) is 17.6 Å². The summed E-state index contributed by atoms with van der Waals surface area (Å²) in [6.07, 6.45) is 4.62. The molecular weight excluding hydrogens is 316 g/mol. The van der Waals surface area contributed by atoms with Crippen LogP contribution >= 0.6 is 0 Å². The van der Waals surface area contributed by atoms with E-state index < -0.39 is 16.2 Å². The summed E-state index contributed by atoms with van der Waals surface area (Å²) in [4.78, 5) is 26.7. The molecule has 4 nitrogen and oxygen atoms in total. The summed E-state index contributed by atoms with van der Waals surface area (Å²) >= 11 is 0. The Morgan fingerprint density at radius 3 is 2.36 bits per heavy atom. The van der Waals surface area contributed by atoms with Crippen molar-refractivity contribution in [1.82, 2.24) is 0 Å². The molecule has 0 heterocycles. The second-order valence-electron chi connectivity index (χ2n) is 9.19. The van der Waals surface area contributed by atoms with Gasteiger partial charge >= 0.3 is 0 Å². The van der Waals surface area contributed by atoms with Crippen LogP contribution in [0.1, 0.15) is 45.4 Å². The van der Waals surface area contributed by atoms with Gasteiger partial charge < -0.3 is 10.2 Å². The summed E-state index contributed by atoms with van der Waals surface area (Å²) in [5.74, 6) is -0.528. The average Bonchev–Trinajstić information content (AvgIpc) is 2.63. The van der Waals surface area contributed by atoms with Crippen LogP contribution in [-0.4, -0.2) is 35.0 Å². The fourth-order valence-corrected chi connectivity index (χ4v) is 7.16. The van der Waals surface area contributed by atoms with E-state index in [1.807, 2.05) is 6.92 Å². The highest BCUT2D eigenvalue weighted by Gasteiger charge is 2.72. The van der Waals surface area contributed by atoms with Gasteiger partial charge in [-0.2, -0.15) is 0 Å². The Morgan fingerprint density at radius 1 is 1.04 bits per heavy atom. The molecule has 2 N–H and O–H groups in total. The molecule has 0 aromatic carbocycles. The summed E-state index contributed by atoms with van der Waals surface area (Å²) in [5.41, 5.74) is -1.02. The minimum absolute atomic E-state index is 0.0322. The molecular formula is C21H28O4. The second-order valence-corrected chi connectivity index (χ2v) is 9.19. The van der Waals surface area contributed by atoms with E-state index in [1.165, 1.54) is 0 Å². The minimum atomic E-state index is -1.06. The van der Waals surface area contributed by atoms with Gasteiger partial charge in [0.25, 0.3) is 0 Å². The number of allylic oxidation sites excluding steroid dienone is 2. The van der Waals surface area contributed by atoms with Crippen LogP contribution in [0.2, 0.25) is 0 Å². The van der Waals surface area contributed by atoms with Gasteiger partial charge in [-0.15, -0.1) is 0 Å². The maximum Gasteiger partial charge on any atom is 0.172 e. The van der Waals surface area contributed by atoms with Crippen LogP contribution < -0.4 is 0 Å². The van der Waals surface area contributed by atoms with Gasteiger partial charge in [-0.3, -0.25) is 9.59 Å². The number of ketones is 2. The van der Waals surface area contributed by atoms with Crippen molar-refractivity contribution in [2.24, 2.45) is 34.0 Å². The maximum absolute atomic E-state index is 13.5. The van der Waals surface area contributed by atoms with Crippen molar-refractivity contribution < 1.29 is 19.8 Å². The first-order chi connectivity index (χ1) is 11.8. The lowest BCUT2D eigenvalue weighted by Gasteiger charge is -2.66. The highest BCUT2D eigenvalue weighted by Crippen LogP contribution is 2.70. The Morgan fingerprint density at radius 2 is 1.72 bits per heavy atom. The smallest absolute Gasteiger partial charge is 0.172 e. The zero-order valence-electron chi connectivity index (χ0n) is 15.0. The Labute approximate surface area is 149 Å². The van der Waals surface area contributed by atoms with Crippen molar-refractivity contribution in [3.8, 4) is 0 Å². The molecule has 0 aromatic rings. The van der Waals surface area contributed by atoms with E-state index in [1.54, 1.807) is 0 Å². The molecule has 5 saturated carbocycles. The Hall–Kier alpha value is -1.26. The van der Waals surface area contributed by atoms with Gasteiger partial charge in [0.1, 0.15) is 0 Å². The summed E-state index contributed by atoms with van der Waals surface area (Å²) in [6, 6.07) is 0. The highest BCUT2D eigenvalue weighted by molar-refractivity contribution is 6.21. The first-order valence-corrected chi connectivity index (χ1v) is 9.47. The number of rotatable bonds is 2. The largest absolute Gasteiger partial charge is 0.396 e. The third-order valence-electron chi connectivity index (χ3n) is 8.25. The number of aliphatic hydroxyl groups excluding tert-OH is 2. The van der Waals surface area contributed by atoms with Gasteiger partial charge in [0.05, 0.1) is 5.41 Å². The Bertz CT molecular complexity index is 694. The van der Waals surface area contributed by atoms with E-state index in [-0.39, 0.29) is 42.5 Å². The lowest BCUT2D eigenvalue weighted by molar-refractivity contribution is -0.187. The fourth-order valence-electron chi connectivity index (χ4n) is 7.16. The normalized spacial score (nSPS) is 49.2. The van der Waals surface area contributed by atoms with Crippen LogP contribution in [0.15, 0.2) is 24.3 Å². The van der Waals surface area contributed by atoms with E-state index in [0.717, 1.165) is 32.1 Å². The second kappa shape index (κ2) is 5.14. The Balaban J connectivity index is 1.94. The molecule has 0 radical (unpaired) electrons. The molecule has 136 valence electrons. The van der Waals surface area contributed by atoms with Crippen LogP contribution in [0.25, 0.3) is 0 Å². The van der Waals surface area contributed by atoms with Crippen LogP contribution in [0.3, 0.4) is 0 Å². The lowest BCUT2D eigenvalue weighted by Crippen LogP contribution is -2.69. The predicted molar refractivity (Wildman–Crippen MR) is 93.6 cm³/mol. The molecule has 25 heavy (non-hydrogen) atoms. The van der Waals surface area contributed by atoms with Gasteiger partial charge in [-0.25, -0.2) is 0 Å². The van der Waals surface area contributed by atoms with Crippen molar-refractivity contribution in [2.75, 3.05) is 13.2 Å². The van der Waals surface area contributed by atoms with Gasteiger partial charge in [0, 0.05) is 24.5 Å². The number of hydrogen-bond acceptors (Lipinski definition) is 4. The predicted octanol–water partition coefficient (Wildman–Crippen LogP) is 2.44. The molecule has 0 aliphatic heterocycles. The number of Topliss-reactive ketones (excluding diaryl/α,β-unsaturated/α-hetero) is 2. The number of carbonyl (C=O) groups excluding carboxylic acids is 2. The average molecular weight is 344 g/mol. The fraction of sp³-hybridized carbons (Fsp3) is 0.714. The van der Waals surface area contributed by atoms with Crippen molar-refractivity contribution >= 4 is 11.6 Å². The quantitative estimate of drug-likeness (QED) is 0.596. The summed E-state index contributed by atoms with van der Waals surface area (Å²) in [6.45, 7) is 10.0. The van der Waals surface area contributed by atoms with E-state index in [9.17, 15) is 19.8 Å². The molecule has 5 aliphatic carbocycles. The minimum Gasteiger partial charge on any atom is -0.396 e. The molecule has 0 aromatic heterocycles. The zero-order valence-corrected chi connectivity index (χ0v) is 15.0. The van der Waals surface area contributed by atoms with Crippen LogP contribution in [-0.2, 0) is 9.59 Å². The standard InChI is InChI=1S/C21H28O4/c1-12-14-5-8-21(17(12)24)15(9-14)20(11-23)7-4-6-19(3,10-22)16(20)13(2)18(21)25/h14-16,22-23H,1-2,4-11H2,3H3/t14-,15?,16?,19-,20+,21-/m0/s1. The molecule has 6 atom stereocenters. The maximum atomic E-state index is 13.5. The van der Waals surface area contributed by atoms with Gasteiger partial charge in [0.2, 0.25) is 0 Å². The highest BCUT2D eigenvalue weighted by atomic mass is 16.3. The van der Waals surface area contributed by atoms with E-state index in [2.05, 4.69) is 13.2 Å². The molecule has 5 aliphatic rings. The number of hydrogen-bond donors (Lipinski definition) is 2. The summed E-state index contributed by atoms with van der Waals surface area (Å²) in [7, 11) is 0. The first kappa shape index (κ1) is 17.2. The van der Waals surface area contributed by atoms with E-state index in [4.69, 9.17) is 0 Å². The first-order valence-electron chi connectivity index (χ1n) is 9.47. The molecule has 2 bridgehead atoms. The summed E-state index contributed by atoms with van der Waals surface area (Å²) in [5, 5.41) is 20.7. The van der Waals surface area contributed by atoms with Crippen molar-refractivity contribution in [1.29, 1.82) is 0 Å². The van der Waals surface area contributed by atoms with Crippen LogP contribution in [0.4, 0.5) is 0 Å². The SMILES string of the molecule is C=C1C(=O)[C@@]23CC[C@@H](CC2[C@]2(CO)CCC[C@@](C)(CO)C12)C(=C)C3=O. The van der Waals surface area contributed by atoms with Gasteiger partial charge in [-0.05, 0) is 60.5 Å². The zero-order chi connectivity index (χ0) is 18.2. The van der Waals surface area contributed by atoms with Crippen molar-refractivity contribution in [3.63, 3.8) is 0 Å². The number of aliphatic hydroxyl groups is 2. The lowest BCUT2D eigenvalue weighted by atomic mass is 9.35. The van der Waals surface area contributed by atoms with Crippen molar-refractivity contribution in [2.45, 2.75) is 45.4 Å². The molecule has 0 amide bonds. The van der Waals surface area contributed by atoms with E-state index >= 15 is 0 Å². The molecule has 5 rings (SSSR count). The topological polar surface area (TPSA) is 74.6 Å². The molecule has 2 unspecified atom stereocenters. The molecule has 5 fully saturated rings. The monoisotopic (exact) mass is 344 g/mol. The van der Waals surface area contributed by atoms with Crippen LogP contribution in [0.5, 0.6) is 0 Å². The number of carbonyl (C=O) groups is 2. The summed E-state index contributed by atoms with van der Waals surface area (Å²) < 4.78 is 0.